The zero-order valence-electron chi connectivity index (χ0n) is 20.4. The molecule has 0 spiro atoms. The summed E-state index contributed by atoms with van der Waals surface area (Å²) in [6.45, 7) is 4.68. The van der Waals surface area contributed by atoms with Crippen molar-refractivity contribution in [1.29, 1.82) is 0 Å². The number of amides is 2. The lowest BCUT2D eigenvalue weighted by Crippen LogP contribution is -2.52. The summed E-state index contributed by atoms with van der Waals surface area (Å²) in [5, 5.41) is 2.82. The van der Waals surface area contributed by atoms with Crippen molar-refractivity contribution in [3.05, 3.63) is 54.1 Å². The van der Waals surface area contributed by atoms with E-state index < -0.39 is 28.5 Å². The normalized spacial score (nSPS) is 13.6. The van der Waals surface area contributed by atoms with Gasteiger partial charge in [-0.15, -0.1) is 0 Å². The van der Waals surface area contributed by atoms with Crippen molar-refractivity contribution in [3.63, 3.8) is 0 Å². The maximum Gasteiger partial charge on any atom is 0.244 e. The van der Waals surface area contributed by atoms with E-state index in [9.17, 15) is 18.0 Å². The fraction of sp³-hybridized carbons (Fsp3) is 0.440. The van der Waals surface area contributed by atoms with Gasteiger partial charge in [0.2, 0.25) is 21.8 Å². The first-order valence-electron chi connectivity index (χ1n) is 11.7. The van der Waals surface area contributed by atoms with Gasteiger partial charge in [0.05, 0.1) is 11.9 Å². The minimum Gasteiger partial charge on any atom is -0.486 e. The van der Waals surface area contributed by atoms with Gasteiger partial charge in [-0.2, -0.15) is 0 Å². The molecule has 1 heterocycles. The zero-order valence-corrected chi connectivity index (χ0v) is 21.2. The second-order valence-electron chi connectivity index (χ2n) is 8.39. The topological polar surface area (TPSA) is 105 Å². The largest absolute Gasteiger partial charge is 0.486 e. The van der Waals surface area contributed by atoms with Crippen LogP contribution in [0.15, 0.2) is 48.5 Å². The van der Waals surface area contributed by atoms with E-state index >= 15 is 0 Å². The van der Waals surface area contributed by atoms with Crippen LogP contribution in [0.1, 0.15) is 25.8 Å². The van der Waals surface area contributed by atoms with Crippen LogP contribution in [0.3, 0.4) is 0 Å². The van der Waals surface area contributed by atoms with E-state index in [1.165, 1.54) is 4.90 Å². The first-order valence-corrected chi connectivity index (χ1v) is 13.5. The maximum absolute atomic E-state index is 13.5. The maximum atomic E-state index is 13.5. The van der Waals surface area contributed by atoms with Crippen LogP contribution in [0, 0.1) is 0 Å². The first-order chi connectivity index (χ1) is 16.7. The van der Waals surface area contributed by atoms with E-state index in [-0.39, 0.29) is 18.1 Å². The molecule has 0 aliphatic carbocycles. The van der Waals surface area contributed by atoms with Crippen molar-refractivity contribution < 1.29 is 27.5 Å². The van der Waals surface area contributed by atoms with Gasteiger partial charge in [-0.25, -0.2) is 8.42 Å². The predicted molar refractivity (Wildman–Crippen MR) is 134 cm³/mol. The Bertz CT molecular complexity index is 1120. The Morgan fingerprint density at radius 3 is 2.40 bits per heavy atom. The van der Waals surface area contributed by atoms with Gasteiger partial charge in [0, 0.05) is 19.2 Å². The van der Waals surface area contributed by atoms with Crippen molar-refractivity contribution in [2.45, 2.75) is 32.7 Å². The molecule has 0 saturated carbocycles. The lowest BCUT2D eigenvalue weighted by atomic mass is 10.1. The van der Waals surface area contributed by atoms with Crippen LogP contribution in [0.4, 0.5) is 5.69 Å². The Labute approximate surface area is 207 Å². The Hall–Kier alpha value is -3.27. The molecule has 0 saturated heterocycles. The van der Waals surface area contributed by atoms with Crippen molar-refractivity contribution in [1.82, 2.24) is 10.2 Å². The second-order valence-corrected chi connectivity index (χ2v) is 10.3. The number of benzene rings is 2. The van der Waals surface area contributed by atoms with Crippen molar-refractivity contribution >= 4 is 27.5 Å². The molecule has 1 aliphatic rings. The highest BCUT2D eigenvalue weighted by atomic mass is 32.2. The number of sulfonamides is 1. The van der Waals surface area contributed by atoms with Crippen molar-refractivity contribution in [3.8, 4) is 11.5 Å². The van der Waals surface area contributed by atoms with E-state index in [0.717, 1.165) is 22.5 Å². The average Bonchev–Trinajstić information content (AvgIpc) is 2.85. The van der Waals surface area contributed by atoms with Gasteiger partial charge in [-0.1, -0.05) is 37.3 Å². The molecule has 1 N–H and O–H groups in total. The number of carbonyl (C=O) groups is 2. The Morgan fingerprint density at radius 1 is 1.06 bits per heavy atom. The molecule has 10 heteroatoms. The number of hydrogen-bond acceptors (Lipinski definition) is 6. The van der Waals surface area contributed by atoms with Crippen LogP contribution >= 0.6 is 0 Å². The van der Waals surface area contributed by atoms with Gasteiger partial charge in [-0.3, -0.25) is 13.9 Å². The number of ether oxygens (including phenoxy) is 2. The summed E-state index contributed by atoms with van der Waals surface area (Å²) in [5.41, 5.74) is 1.30. The Balaban J connectivity index is 1.84. The summed E-state index contributed by atoms with van der Waals surface area (Å²) in [6, 6.07) is 13.6. The molecule has 1 aliphatic heterocycles. The van der Waals surface area contributed by atoms with Crippen LogP contribution in [-0.4, -0.2) is 70.3 Å². The summed E-state index contributed by atoms with van der Waals surface area (Å²) in [5.74, 6) is 0.187. The lowest BCUT2D eigenvalue weighted by Gasteiger charge is -2.31. The molecular weight excluding hydrogens is 470 g/mol. The Morgan fingerprint density at radius 2 is 1.74 bits per heavy atom. The molecule has 1 atom stereocenters. The summed E-state index contributed by atoms with van der Waals surface area (Å²) in [4.78, 5) is 27.6. The van der Waals surface area contributed by atoms with Gasteiger partial charge < -0.3 is 19.7 Å². The number of fused-ring (bicyclic) bond motifs is 1. The summed E-state index contributed by atoms with van der Waals surface area (Å²) in [7, 11) is -3.81. The molecule has 2 aromatic rings. The molecular formula is C25H33N3O6S. The Kier molecular flexibility index (Phi) is 8.97. The fourth-order valence-electron chi connectivity index (χ4n) is 3.77. The van der Waals surface area contributed by atoms with Crippen LogP contribution in [0.5, 0.6) is 11.5 Å². The van der Waals surface area contributed by atoms with Crippen LogP contribution < -0.4 is 19.1 Å². The van der Waals surface area contributed by atoms with E-state index in [4.69, 9.17) is 9.47 Å². The third-order valence-corrected chi connectivity index (χ3v) is 6.83. The molecule has 0 bridgehead atoms. The third-order valence-electron chi connectivity index (χ3n) is 5.69. The van der Waals surface area contributed by atoms with Crippen LogP contribution in [0.25, 0.3) is 0 Å². The number of nitrogens with one attached hydrogen (secondary N) is 1. The van der Waals surface area contributed by atoms with Gasteiger partial charge in [0.25, 0.3) is 0 Å². The third kappa shape index (κ3) is 7.11. The van der Waals surface area contributed by atoms with Gasteiger partial charge >= 0.3 is 0 Å². The summed E-state index contributed by atoms with van der Waals surface area (Å²) in [6.07, 6.45) is 2.34. The second kappa shape index (κ2) is 11.9. The van der Waals surface area contributed by atoms with Gasteiger partial charge in [0.15, 0.2) is 11.5 Å². The highest BCUT2D eigenvalue weighted by Gasteiger charge is 2.30. The molecule has 2 amide bonds. The van der Waals surface area contributed by atoms with E-state index in [1.54, 1.807) is 25.1 Å². The number of carbonyl (C=O) groups excluding carboxylic acids is 2. The highest BCUT2D eigenvalue weighted by Crippen LogP contribution is 2.34. The predicted octanol–water partition coefficient (Wildman–Crippen LogP) is 2.21. The van der Waals surface area contributed by atoms with E-state index in [0.29, 0.717) is 37.7 Å². The number of hydrogen-bond donors (Lipinski definition) is 1. The van der Waals surface area contributed by atoms with Crippen LogP contribution in [0.2, 0.25) is 0 Å². The number of nitrogens with zero attached hydrogens (tertiary/aromatic N) is 2. The molecule has 0 aromatic heterocycles. The SMILES string of the molecule is CCCNC(=O)[C@@H](C)N(CCc1ccccc1)C(=O)CN(c1ccc2c(c1)OCCO2)S(C)(=O)=O. The molecule has 35 heavy (non-hydrogen) atoms. The molecule has 0 radical (unpaired) electrons. The number of rotatable bonds is 11. The summed E-state index contributed by atoms with van der Waals surface area (Å²) >= 11 is 0. The van der Waals surface area contributed by atoms with E-state index in [1.807, 2.05) is 37.3 Å². The average molecular weight is 504 g/mol. The summed E-state index contributed by atoms with van der Waals surface area (Å²) < 4.78 is 37.5. The molecule has 2 aromatic carbocycles. The van der Waals surface area contributed by atoms with Gasteiger partial charge in [-0.05, 0) is 37.5 Å². The lowest BCUT2D eigenvalue weighted by molar-refractivity contribution is -0.138. The van der Waals surface area contributed by atoms with Gasteiger partial charge in [0.1, 0.15) is 25.8 Å². The standard InChI is InChI=1S/C25H33N3O6S/c1-4-13-26-25(30)19(2)27(14-12-20-8-6-5-7-9-20)24(29)18-28(35(3,31)32)21-10-11-22-23(17-21)34-16-15-33-22/h5-11,17,19H,4,12-16,18H2,1-3H3,(H,26,30)/t19-/m1/s1. The molecule has 190 valence electrons. The minimum atomic E-state index is -3.81. The minimum absolute atomic E-state index is 0.266. The fourth-order valence-corrected chi connectivity index (χ4v) is 4.61. The van der Waals surface area contributed by atoms with Crippen molar-refractivity contribution in [2.24, 2.45) is 0 Å². The molecule has 0 unspecified atom stereocenters. The highest BCUT2D eigenvalue weighted by molar-refractivity contribution is 7.92. The first kappa shape index (κ1) is 26.3. The molecule has 0 fully saturated rings. The van der Waals surface area contributed by atoms with Crippen molar-refractivity contribution in [2.75, 3.05) is 43.4 Å². The molecule has 3 rings (SSSR count). The van der Waals surface area contributed by atoms with Crippen LogP contribution in [-0.2, 0) is 26.0 Å². The monoisotopic (exact) mass is 503 g/mol. The smallest absolute Gasteiger partial charge is 0.244 e. The van der Waals surface area contributed by atoms with E-state index in [2.05, 4.69) is 5.32 Å². The number of anilines is 1. The quantitative estimate of drug-likeness (QED) is 0.504. The molecule has 9 nitrogen and oxygen atoms in total. The zero-order chi connectivity index (χ0) is 25.4.